The van der Waals surface area contributed by atoms with Gasteiger partial charge in [-0.05, 0) is 123 Å². The van der Waals surface area contributed by atoms with Crippen LogP contribution in [-0.4, -0.2) is 0 Å². The molecule has 4 aliphatic rings. The van der Waals surface area contributed by atoms with E-state index >= 15 is 0 Å². The zero-order valence-electron chi connectivity index (χ0n) is 25.4. The van der Waals surface area contributed by atoms with Gasteiger partial charge in [0, 0.05) is 16.4 Å². The van der Waals surface area contributed by atoms with Gasteiger partial charge in [0.1, 0.15) is 0 Å². The Hall–Kier alpha value is -2.52. The molecule has 0 heteroatoms. The molecule has 1 aromatic rings. The lowest BCUT2D eigenvalue weighted by atomic mass is 9.41. The minimum Gasteiger partial charge on any atom is -0.0955 e. The lowest BCUT2D eigenvalue weighted by molar-refractivity contribution is 0.0544. The number of rotatable bonds is 1. The minimum absolute atomic E-state index is 0.0304. The molecule has 4 aliphatic carbocycles. The maximum Gasteiger partial charge on any atom is 0.0290 e. The van der Waals surface area contributed by atoms with Crippen LogP contribution in [0, 0.1) is 40.4 Å². The number of hydrogen-bond acceptors (Lipinski definition) is 0. The molecule has 0 radical (unpaired) electrons. The van der Waals surface area contributed by atoms with E-state index in [9.17, 15) is 0 Å². The number of aryl methyl sites for hydroxylation is 1. The number of fused-ring (bicyclic) bond motifs is 3. The van der Waals surface area contributed by atoms with Crippen LogP contribution in [0.25, 0.3) is 5.57 Å². The molecular formula is C38H48. The zero-order chi connectivity index (χ0) is 27.8. The van der Waals surface area contributed by atoms with Crippen molar-refractivity contribution in [2.75, 3.05) is 0 Å². The van der Waals surface area contributed by atoms with Gasteiger partial charge in [-0.3, -0.25) is 0 Å². The molecule has 200 valence electrons. The van der Waals surface area contributed by atoms with Crippen molar-refractivity contribution in [1.29, 1.82) is 0 Å². The van der Waals surface area contributed by atoms with Gasteiger partial charge in [0.15, 0.2) is 0 Å². The lowest BCUT2D eigenvalue weighted by Crippen LogP contribution is -2.52. The molecule has 5 rings (SSSR count). The monoisotopic (exact) mass is 504 g/mol. The molecular weight excluding hydrogens is 456 g/mol. The summed E-state index contributed by atoms with van der Waals surface area (Å²) in [5.41, 5.74) is 14.8. The first kappa shape index (κ1) is 27.1. The third kappa shape index (κ3) is 3.72. The van der Waals surface area contributed by atoms with E-state index in [0.29, 0.717) is 0 Å². The summed E-state index contributed by atoms with van der Waals surface area (Å²) < 4.78 is 0. The van der Waals surface area contributed by atoms with E-state index in [4.69, 9.17) is 13.2 Å². The minimum atomic E-state index is -0.114. The van der Waals surface area contributed by atoms with Crippen LogP contribution >= 0.6 is 0 Å². The smallest absolute Gasteiger partial charge is 0.0290 e. The quantitative estimate of drug-likeness (QED) is 0.334. The lowest BCUT2D eigenvalue weighted by Gasteiger charge is -2.62. The Balaban J connectivity index is 1.68. The van der Waals surface area contributed by atoms with Crippen LogP contribution in [0.2, 0.25) is 0 Å². The van der Waals surface area contributed by atoms with Gasteiger partial charge >= 0.3 is 0 Å². The maximum absolute atomic E-state index is 4.82. The Morgan fingerprint density at radius 3 is 2.21 bits per heavy atom. The fourth-order valence-corrected chi connectivity index (χ4v) is 9.33. The Bertz CT molecular complexity index is 1400. The third-order valence-corrected chi connectivity index (χ3v) is 11.3. The van der Waals surface area contributed by atoms with Gasteiger partial charge in [-0.2, -0.15) is 0 Å². The van der Waals surface area contributed by atoms with Gasteiger partial charge in [0.25, 0.3) is 0 Å². The normalized spacial score (nSPS) is 32.2. The fraction of sp³-hybridized carbons (Fsp3) is 0.526. The standard InChI is InChI=1S/C38H48/c1-24(2)32-26(4)21-37(10)23-36(9)22-31-30(17-20-35(8)18-13-12-14-19-35)16-15-25(3)33(31)27(5)34(36)29(7)38(37,11)28(32)6/h15-16H,1,5-6,12-14,18-19,21-23H2,2-4,7-11H3/t36-,37+,38-/m1/s1. The van der Waals surface area contributed by atoms with E-state index in [-0.39, 0.29) is 21.7 Å². The predicted molar refractivity (Wildman–Crippen MR) is 165 cm³/mol. The van der Waals surface area contributed by atoms with E-state index in [1.165, 1.54) is 87.8 Å². The molecule has 0 amide bonds. The average molecular weight is 505 g/mol. The summed E-state index contributed by atoms with van der Waals surface area (Å²) in [6.45, 7) is 32.8. The van der Waals surface area contributed by atoms with Gasteiger partial charge < -0.3 is 0 Å². The molecule has 0 N–H and O–H groups in total. The maximum atomic E-state index is 4.82. The summed E-state index contributed by atoms with van der Waals surface area (Å²) >= 11 is 0. The van der Waals surface area contributed by atoms with Crippen LogP contribution < -0.4 is 0 Å². The van der Waals surface area contributed by atoms with Crippen molar-refractivity contribution in [3.05, 3.63) is 87.6 Å². The molecule has 38 heavy (non-hydrogen) atoms. The van der Waals surface area contributed by atoms with Crippen LogP contribution in [0.15, 0.2) is 65.3 Å². The second-order valence-corrected chi connectivity index (χ2v) is 14.3. The largest absolute Gasteiger partial charge is 0.0955 e. The Morgan fingerprint density at radius 1 is 0.921 bits per heavy atom. The zero-order valence-corrected chi connectivity index (χ0v) is 25.4. The summed E-state index contributed by atoms with van der Waals surface area (Å²) in [6, 6.07) is 4.56. The van der Waals surface area contributed by atoms with Crippen molar-refractivity contribution in [3.63, 3.8) is 0 Å². The van der Waals surface area contributed by atoms with Gasteiger partial charge in [0.05, 0.1) is 0 Å². The van der Waals surface area contributed by atoms with Crippen LogP contribution in [-0.2, 0) is 6.42 Å². The topological polar surface area (TPSA) is 0 Å². The summed E-state index contributed by atoms with van der Waals surface area (Å²) in [7, 11) is 0. The molecule has 1 fully saturated rings. The predicted octanol–water partition coefficient (Wildman–Crippen LogP) is 10.5. The second kappa shape index (κ2) is 8.74. The van der Waals surface area contributed by atoms with Crippen LogP contribution in [0.5, 0.6) is 0 Å². The molecule has 0 aromatic heterocycles. The molecule has 0 unspecified atom stereocenters. The van der Waals surface area contributed by atoms with E-state index in [2.05, 4.69) is 85.9 Å². The molecule has 3 atom stereocenters. The molecule has 0 bridgehead atoms. The second-order valence-electron chi connectivity index (χ2n) is 14.3. The Kier molecular flexibility index (Phi) is 6.23. The number of hydrogen-bond donors (Lipinski definition) is 0. The number of allylic oxidation sites excluding steroid dienone is 7. The Morgan fingerprint density at radius 2 is 1.58 bits per heavy atom. The van der Waals surface area contributed by atoms with Gasteiger partial charge in [-0.1, -0.05) is 94.4 Å². The van der Waals surface area contributed by atoms with Gasteiger partial charge in [-0.15, -0.1) is 0 Å². The summed E-state index contributed by atoms with van der Waals surface area (Å²) in [5, 5.41) is 0. The van der Waals surface area contributed by atoms with Crippen LogP contribution in [0.4, 0.5) is 0 Å². The highest BCUT2D eigenvalue weighted by atomic mass is 14.6. The van der Waals surface area contributed by atoms with Crippen molar-refractivity contribution in [2.24, 2.45) is 21.7 Å². The molecule has 0 saturated heterocycles. The van der Waals surface area contributed by atoms with Gasteiger partial charge in [0.2, 0.25) is 0 Å². The van der Waals surface area contributed by atoms with Crippen molar-refractivity contribution in [3.8, 4) is 11.8 Å². The number of benzene rings is 1. The van der Waals surface area contributed by atoms with Crippen molar-refractivity contribution < 1.29 is 0 Å². The molecule has 0 heterocycles. The summed E-state index contributed by atoms with van der Waals surface area (Å²) in [4.78, 5) is 0. The highest BCUT2D eigenvalue weighted by Crippen LogP contribution is 2.70. The first-order valence-electron chi connectivity index (χ1n) is 14.8. The fourth-order valence-electron chi connectivity index (χ4n) is 9.33. The molecule has 0 nitrogen and oxygen atoms in total. The van der Waals surface area contributed by atoms with Crippen molar-refractivity contribution in [1.82, 2.24) is 0 Å². The molecule has 0 aliphatic heterocycles. The van der Waals surface area contributed by atoms with E-state index in [1.807, 2.05) is 0 Å². The third-order valence-electron chi connectivity index (χ3n) is 11.3. The first-order valence-corrected chi connectivity index (χ1v) is 14.8. The van der Waals surface area contributed by atoms with Crippen LogP contribution in [0.3, 0.4) is 0 Å². The SMILES string of the molecule is C=C(C)C1=C(C)C[C@@]2(C)C[C@@]3(C)Cc4c(C#CC5(C)CCCCC5)ccc(C)c4C(=C)C3=C(C)[C@@]2(C)C1=C. The summed E-state index contributed by atoms with van der Waals surface area (Å²) in [5.74, 6) is 7.48. The highest BCUT2D eigenvalue weighted by molar-refractivity contribution is 5.87. The van der Waals surface area contributed by atoms with Gasteiger partial charge in [-0.25, -0.2) is 0 Å². The van der Waals surface area contributed by atoms with E-state index in [0.717, 1.165) is 24.8 Å². The van der Waals surface area contributed by atoms with Crippen LogP contribution in [0.1, 0.15) is 116 Å². The first-order chi connectivity index (χ1) is 17.7. The molecule has 1 saturated carbocycles. The highest BCUT2D eigenvalue weighted by Gasteiger charge is 2.59. The van der Waals surface area contributed by atoms with E-state index in [1.54, 1.807) is 0 Å². The van der Waals surface area contributed by atoms with Crippen molar-refractivity contribution >= 4 is 5.57 Å². The Labute approximate surface area is 233 Å². The average Bonchev–Trinajstić information content (AvgIpc) is 2.81. The summed E-state index contributed by atoms with van der Waals surface area (Å²) in [6.07, 6.45) is 9.67. The molecule has 1 aromatic carbocycles. The van der Waals surface area contributed by atoms with Crippen molar-refractivity contribution in [2.45, 2.75) is 107 Å². The van der Waals surface area contributed by atoms with E-state index < -0.39 is 0 Å². The molecule has 0 spiro atoms.